The Hall–Kier alpha value is -2.74. The zero-order valence-corrected chi connectivity index (χ0v) is 18.0. The minimum Gasteiger partial charge on any atom is -0.395 e. The van der Waals surface area contributed by atoms with Gasteiger partial charge in [-0.3, -0.25) is 9.78 Å². The van der Waals surface area contributed by atoms with Gasteiger partial charge in [0.25, 0.3) is 5.91 Å². The highest BCUT2D eigenvalue weighted by molar-refractivity contribution is 6.30. The summed E-state index contributed by atoms with van der Waals surface area (Å²) in [5.74, 6) is 0.000192. The van der Waals surface area contributed by atoms with Crippen LogP contribution in [0.2, 0.25) is 5.02 Å². The fourth-order valence-corrected chi connectivity index (χ4v) is 4.08. The van der Waals surface area contributed by atoms with Gasteiger partial charge in [-0.2, -0.15) is 0 Å². The summed E-state index contributed by atoms with van der Waals surface area (Å²) in [4.78, 5) is 23.7. The lowest BCUT2D eigenvalue weighted by Crippen LogP contribution is -2.45. The van der Waals surface area contributed by atoms with Gasteiger partial charge in [0.05, 0.1) is 29.8 Å². The predicted octanol–water partition coefficient (Wildman–Crippen LogP) is 2.83. The van der Waals surface area contributed by atoms with Gasteiger partial charge >= 0.3 is 0 Å². The van der Waals surface area contributed by atoms with Crippen LogP contribution in [0.15, 0.2) is 55.1 Å². The molecule has 1 aromatic carbocycles. The van der Waals surface area contributed by atoms with E-state index in [9.17, 15) is 4.79 Å². The van der Waals surface area contributed by atoms with Crippen LogP contribution in [0.5, 0.6) is 0 Å². The summed E-state index contributed by atoms with van der Waals surface area (Å²) < 4.78 is 1.90. The van der Waals surface area contributed by atoms with Gasteiger partial charge in [-0.1, -0.05) is 35.9 Å². The van der Waals surface area contributed by atoms with E-state index >= 15 is 0 Å². The van der Waals surface area contributed by atoms with E-state index in [0.29, 0.717) is 42.9 Å². The number of aliphatic hydroxyl groups excluding tert-OH is 1. The summed E-state index contributed by atoms with van der Waals surface area (Å²) >= 11 is 5.99. The highest BCUT2D eigenvalue weighted by Gasteiger charge is 2.25. The molecule has 2 aromatic heterocycles. The van der Waals surface area contributed by atoms with Gasteiger partial charge < -0.3 is 19.9 Å². The molecule has 0 saturated carbocycles. The molecule has 2 N–H and O–H groups in total. The van der Waals surface area contributed by atoms with Gasteiger partial charge in [0, 0.05) is 44.0 Å². The van der Waals surface area contributed by atoms with Crippen molar-refractivity contribution in [2.24, 2.45) is 0 Å². The Kier molecular flexibility index (Phi) is 6.96. The molecule has 0 atom stereocenters. The van der Waals surface area contributed by atoms with Gasteiger partial charge in [0.15, 0.2) is 0 Å². The van der Waals surface area contributed by atoms with E-state index in [1.54, 1.807) is 18.7 Å². The van der Waals surface area contributed by atoms with E-state index in [0.717, 1.165) is 29.7 Å². The van der Waals surface area contributed by atoms with Gasteiger partial charge in [-0.05, 0) is 30.5 Å². The molecule has 0 unspecified atom stereocenters. The van der Waals surface area contributed by atoms with Crippen LogP contribution < -0.4 is 5.32 Å². The van der Waals surface area contributed by atoms with Crippen LogP contribution in [0.1, 0.15) is 28.9 Å². The van der Waals surface area contributed by atoms with E-state index in [-0.39, 0.29) is 12.5 Å². The van der Waals surface area contributed by atoms with Crippen LogP contribution in [-0.2, 0) is 6.54 Å². The SMILES string of the molecule is O=C(c1cncn1Cc1ccccc1-c1ccc(Cl)cn1)N1CCC(NCCO)CC1. The maximum Gasteiger partial charge on any atom is 0.272 e. The number of halogens is 1. The number of aromatic nitrogens is 3. The largest absolute Gasteiger partial charge is 0.395 e. The maximum absolute atomic E-state index is 13.2. The average molecular weight is 440 g/mol. The zero-order chi connectivity index (χ0) is 21.6. The monoisotopic (exact) mass is 439 g/mol. The molecule has 0 spiro atoms. The summed E-state index contributed by atoms with van der Waals surface area (Å²) in [6, 6.07) is 12.1. The van der Waals surface area contributed by atoms with Crippen molar-refractivity contribution in [3.05, 3.63) is 71.4 Å². The van der Waals surface area contributed by atoms with Crippen molar-refractivity contribution in [3.63, 3.8) is 0 Å². The van der Waals surface area contributed by atoms with Gasteiger partial charge in [-0.25, -0.2) is 4.98 Å². The summed E-state index contributed by atoms with van der Waals surface area (Å²) in [6.45, 7) is 2.63. The number of hydrogen-bond donors (Lipinski definition) is 2. The number of carbonyl (C=O) groups is 1. The molecule has 1 aliphatic rings. The van der Waals surface area contributed by atoms with Crippen LogP contribution in [-0.4, -0.2) is 62.7 Å². The summed E-state index contributed by atoms with van der Waals surface area (Å²) in [5, 5.41) is 12.9. The quantitative estimate of drug-likeness (QED) is 0.591. The van der Waals surface area contributed by atoms with Gasteiger partial charge in [0.2, 0.25) is 0 Å². The van der Waals surface area contributed by atoms with Crippen LogP contribution >= 0.6 is 11.6 Å². The first kappa shape index (κ1) is 21.5. The molecule has 0 radical (unpaired) electrons. The first-order valence-electron chi connectivity index (χ1n) is 10.5. The Labute approximate surface area is 186 Å². The number of pyridine rings is 1. The minimum absolute atomic E-state index is 0.000192. The van der Waals surface area contributed by atoms with Gasteiger partial charge in [-0.15, -0.1) is 0 Å². The standard InChI is InChI=1S/C23H26ClN5O2/c24-18-5-6-21(27-13-18)20-4-2-1-3-17(20)15-29-16-25-14-22(29)23(31)28-10-7-19(8-11-28)26-9-12-30/h1-6,13-14,16,19,26,30H,7-12,15H2. The number of likely N-dealkylation sites (tertiary alicyclic amines) is 1. The van der Waals surface area contributed by atoms with E-state index < -0.39 is 0 Å². The Bertz CT molecular complexity index is 1010. The Morgan fingerprint density at radius 1 is 1.16 bits per heavy atom. The molecular weight excluding hydrogens is 414 g/mol. The van der Waals surface area contributed by atoms with Crippen LogP contribution in [0.25, 0.3) is 11.3 Å². The Balaban J connectivity index is 1.49. The number of piperidine rings is 1. The predicted molar refractivity (Wildman–Crippen MR) is 120 cm³/mol. The number of benzene rings is 1. The first-order chi connectivity index (χ1) is 15.2. The topological polar surface area (TPSA) is 83.3 Å². The summed E-state index contributed by atoms with van der Waals surface area (Å²) in [6.07, 6.45) is 6.74. The van der Waals surface area contributed by atoms with Crippen LogP contribution in [0, 0.1) is 0 Å². The van der Waals surface area contributed by atoms with E-state index in [4.69, 9.17) is 16.7 Å². The number of hydrogen-bond acceptors (Lipinski definition) is 5. The Morgan fingerprint density at radius 3 is 2.71 bits per heavy atom. The molecule has 1 fully saturated rings. The fraction of sp³-hybridized carbons (Fsp3) is 0.348. The van der Waals surface area contributed by atoms with E-state index in [1.807, 2.05) is 45.9 Å². The number of amides is 1. The van der Waals surface area contributed by atoms with Crippen molar-refractivity contribution in [3.8, 4) is 11.3 Å². The molecule has 1 saturated heterocycles. The second kappa shape index (κ2) is 10.0. The summed E-state index contributed by atoms with van der Waals surface area (Å²) in [5.41, 5.74) is 3.48. The van der Waals surface area contributed by atoms with E-state index in [2.05, 4.69) is 15.3 Å². The van der Waals surface area contributed by atoms with Crippen molar-refractivity contribution in [2.75, 3.05) is 26.2 Å². The molecule has 7 nitrogen and oxygen atoms in total. The molecule has 3 heterocycles. The van der Waals surface area contributed by atoms with Crippen molar-refractivity contribution in [1.82, 2.24) is 24.8 Å². The van der Waals surface area contributed by atoms with Crippen molar-refractivity contribution in [1.29, 1.82) is 0 Å². The third-order valence-corrected chi connectivity index (χ3v) is 5.84. The summed E-state index contributed by atoms with van der Waals surface area (Å²) in [7, 11) is 0. The number of rotatable bonds is 7. The molecule has 162 valence electrons. The molecule has 0 aliphatic carbocycles. The smallest absolute Gasteiger partial charge is 0.272 e. The molecule has 8 heteroatoms. The lowest BCUT2D eigenvalue weighted by Gasteiger charge is -2.32. The van der Waals surface area contributed by atoms with Crippen molar-refractivity contribution >= 4 is 17.5 Å². The molecule has 1 amide bonds. The lowest BCUT2D eigenvalue weighted by molar-refractivity contribution is 0.0693. The van der Waals surface area contributed by atoms with E-state index in [1.165, 1.54) is 0 Å². The van der Waals surface area contributed by atoms with Crippen molar-refractivity contribution in [2.45, 2.75) is 25.4 Å². The van der Waals surface area contributed by atoms with Gasteiger partial charge in [0.1, 0.15) is 5.69 Å². The van der Waals surface area contributed by atoms with Crippen molar-refractivity contribution < 1.29 is 9.90 Å². The Morgan fingerprint density at radius 2 is 1.97 bits per heavy atom. The number of imidazole rings is 1. The second-order valence-corrected chi connectivity index (χ2v) is 8.11. The molecular formula is C23H26ClN5O2. The number of aliphatic hydroxyl groups is 1. The zero-order valence-electron chi connectivity index (χ0n) is 17.2. The third-order valence-electron chi connectivity index (χ3n) is 5.62. The highest BCUT2D eigenvalue weighted by atomic mass is 35.5. The normalized spacial score (nSPS) is 14.7. The third kappa shape index (κ3) is 5.12. The molecule has 1 aliphatic heterocycles. The highest BCUT2D eigenvalue weighted by Crippen LogP contribution is 2.24. The molecule has 4 rings (SSSR count). The average Bonchev–Trinajstić information content (AvgIpc) is 3.27. The number of nitrogens with zero attached hydrogens (tertiary/aromatic N) is 4. The molecule has 31 heavy (non-hydrogen) atoms. The second-order valence-electron chi connectivity index (χ2n) is 7.67. The first-order valence-corrected chi connectivity index (χ1v) is 10.9. The van der Waals surface area contributed by atoms with Crippen LogP contribution in [0.4, 0.5) is 0 Å². The molecule has 0 bridgehead atoms. The molecule has 3 aromatic rings. The van der Waals surface area contributed by atoms with Crippen LogP contribution in [0.3, 0.4) is 0 Å². The fourth-order valence-electron chi connectivity index (χ4n) is 3.97. The maximum atomic E-state index is 13.2. The minimum atomic E-state index is 0.000192. The number of carbonyl (C=O) groups excluding carboxylic acids is 1. The lowest BCUT2D eigenvalue weighted by atomic mass is 10.0. The number of nitrogens with one attached hydrogen (secondary N) is 1.